The lowest BCUT2D eigenvalue weighted by Gasteiger charge is -2.53. The molecule has 0 aliphatic carbocycles. The molecule has 2 aliphatic rings. The quantitative estimate of drug-likeness (QED) is 0.796. The summed E-state index contributed by atoms with van der Waals surface area (Å²) in [5.41, 5.74) is 3.58. The lowest BCUT2D eigenvalue weighted by Crippen LogP contribution is -2.65. The average Bonchev–Trinajstić information content (AvgIpc) is 3.07. The normalized spacial score (nSPS) is 22.5. The zero-order chi connectivity index (χ0) is 18.0. The molecule has 2 aliphatic heterocycles. The largest absolute Gasteiger partial charge is 0.373 e. The van der Waals surface area contributed by atoms with Crippen molar-refractivity contribution in [1.82, 2.24) is 19.7 Å². The first-order valence-corrected chi connectivity index (χ1v) is 9.54. The fourth-order valence-corrected chi connectivity index (χ4v) is 4.06. The highest BCUT2D eigenvalue weighted by atomic mass is 16.5. The maximum Gasteiger partial charge on any atom is 0.0959 e. The van der Waals surface area contributed by atoms with Crippen molar-refractivity contribution in [3.8, 4) is 0 Å². The van der Waals surface area contributed by atoms with E-state index in [2.05, 4.69) is 41.1 Å². The highest BCUT2D eigenvalue weighted by molar-refractivity contribution is 5.15. The standard InChI is InChI=1S/C20H28N4O2/c1-3-24-12-18(10-22-24)11-23-14-20(15-23)7-19(4-5-26-20)25-13-17-6-16(2)8-21-9-17/h6,8-10,12,19H,3-5,7,11,13-15H2,1-2H3/t19-/m1/s1. The Morgan fingerprint density at radius 2 is 2.15 bits per heavy atom. The molecule has 140 valence electrons. The van der Waals surface area contributed by atoms with Crippen molar-refractivity contribution < 1.29 is 9.47 Å². The van der Waals surface area contributed by atoms with Gasteiger partial charge in [-0.1, -0.05) is 6.07 Å². The molecule has 2 fully saturated rings. The molecule has 26 heavy (non-hydrogen) atoms. The Morgan fingerprint density at radius 3 is 2.92 bits per heavy atom. The summed E-state index contributed by atoms with van der Waals surface area (Å²) in [6.45, 7) is 9.43. The van der Waals surface area contributed by atoms with Crippen LogP contribution in [0.1, 0.15) is 36.5 Å². The van der Waals surface area contributed by atoms with Crippen LogP contribution in [-0.4, -0.2) is 51.1 Å². The first-order chi connectivity index (χ1) is 12.6. The molecular weight excluding hydrogens is 328 g/mol. The van der Waals surface area contributed by atoms with E-state index >= 15 is 0 Å². The molecule has 0 N–H and O–H groups in total. The zero-order valence-electron chi connectivity index (χ0n) is 15.7. The Hall–Kier alpha value is -1.76. The molecule has 0 radical (unpaired) electrons. The van der Waals surface area contributed by atoms with Crippen molar-refractivity contribution >= 4 is 0 Å². The minimum absolute atomic E-state index is 0.0193. The molecule has 2 saturated heterocycles. The van der Waals surface area contributed by atoms with E-state index in [1.807, 2.05) is 23.3 Å². The van der Waals surface area contributed by atoms with Crippen molar-refractivity contribution in [1.29, 1.82) is 0 Å². The molecule has 0 saturated carbocycles. The zero-order valence-corrected chi connectivity index (χ0v) is 15.7. The van der Waals surface area contributed by atoms with E-state index in [0.717, 1.165) is 51.2 Å². The van der Waals surface area contributed by atoms with E-state index in [1.165, 1.54) is 11.1 Å². The van der Waals surface area contributed by atoms with Gasteiger partial charge in [-0.15, -0.1) is 0 Å². The second-order valence-electron chi connectivity index (χ2n) is 7.68. The van der Waals surface area contributed by atoms with E-state index in [4.69, 9.17) is 9.47 Å². The Morgan fingerprint density at radius 1 is 1.27 bits per heavy atom. The third-order valence-corrected chi connectivity index (χ3v) is 5.31. The highest BCUT2D eigenvalue weighted by Crippen LogP contribution is 2.36. The summed E-state index contributed by atoms with van der Waals surface area (Å²) in [4.78, 5) is 6.68. The molecular formula is C20H28N4O2. The number of aryl methyl sites for hydroxylation is 2. The highest BCUT2D eigenvalue weighted by Gasteiger charge is 2.47. The maximum atomic E-state index is 6.17. The molecule has 1 spiro atoms. The van der Waals surface area contributed by atoms with Gasteiger partial charge in [0.15, 0.2) is 0 Å². The van der Waals surface area contributed by atoms with Crippen LogP contribution in [0.3, 0.4) is 0 Å². The van der Waals surface area contributed by atoms with Crippen LogP contribution in [0.15, 0.2) is 30.9 Å². The molecule has 4 heterocycles. The minimum atomic E-state index is -0.0193. The smallest absolute Gasteiger partial charge is 0.0959 e. The molecule has 1 atom stereocenters. The topological polar surface area (TPSA) is 52.4 Å². The molecule has 0 amide bonds. The van der Waals surface area contributed by atoms with Gasteiger partial charge >= 0.3 is 0 Å². The number of likely N-dealkylation sites (tertiary alicyclic amines) is 1. The van der Waals surface area contributed by atoms with E-state index in [9.17, 15) is 0 Å². The number of ether oxygens (including phenoxy) is 2. The van der Waals surface area contributed by atoms with Gasteiger partial charge in [0.1, 0.15) is 0 Å². The Labute approximate surface area is 155 Å². The summed E-state index contributed by atoms with van der Waals surface area (Å²) in [5, 5.41) is 4.36. The van der Waals surface area contributed by atoms with Crippen molar-refractivity contribution in [3.05, 3.63) is 47.5 Å². The summed E-state index contributed by atoms with van der Waals surface area (Å²) in [5.74, 6) is 0. The molecule has 6 nitrogen and oxygen atoms in total. The van der Waals surface area contributed by atoms with Gasteiger partial charge in [0, 0.05) is 63.4 Å². The van der Waals surface area contributed by atoms with E-state index in [0.29, 0.717) is 6.61 Å². The fourth-order valence-electron chi connectivity index (χ4n) is 4.06. The van der Waals surface area contributed by atoms with Crippen molar-refractivity contribution in [3.63, 3.8) is 0 Å². The number of nitrogens with zero attached hydrogens (tertiary/aromatic N) is 4. The van der Waals surface area contributed by atoms with Crippen LogP contribution in [0.2, 0.25) is 0 Å². The van der Waals surface area contributed by atoms with Crippen LogP contribution < -0.4 is 0 Å². The fraction of sp³-hybridized carbons (Fsp3) is 0.600. The number of rotatable bonds is 6. The van der Waals surface area contributed by atoms with E-state index in [-0.39, 0.29) is 11.7 Å². The van der Waals surface area contributed by atoms with Crippen molar-refractivity contribution in [2.24, 2.45) is 0 Å². The Kier molecular flexibility index (Phi) is 5.07. The third kappa shape index (κ3) is 3.98. The summed E-state index contributed by atoms with van der Waals surface area (Å²) < 4.78 is 14.3. The first kappa shape index (κ1) is 17.6. The molecule has 6 heteroatoms. The Balaban J connectivity index is 1.26. The second-order valence-corrected chi connectivity index (χ2v) is 7.68. The first-order valence-electron chi connectivity index (χ1n) is 9.54. The van der Waals surface area contributed by atoms with Gasteiger partial charge in [-0.05, 0) is 31.4 Å². The molecule has 0 aromatic carbocycles. The second kappa shape index (κ2) is 7.47. The van der Waals surface area contributed by atoms with Crippen LogP contribution in [0.5, 0.6) is 0 Å². The van der Waals surface area contributed by atoms with Crippen molar-refractivity contribution in [2.45, 2.75) is 58.1 Å². The average molecular weight is 356 g/mol. The lowest BCUT2D eigenvalue weighted by molar-refractivity contribution is -0.200. The molecule has 2 aromatic rings. The van der Waals surface area contributed by atoms with Crippen LogP contribution in [0, 0.1) is 6.92 Å². The van der Waals surface area contributed by atoms with Crippen LogP contribution in [0.25, 0.3) is 0 Å². The Bertz CT molecular complexity index is 739. The van der Waals surface area contributed by atoms with Gasteiger partial charge in [0.05, 0.1) is 24.5 Å². The summed E-state index contributed by atoms with van der Waals surface area (Å²) in [6, 6.07) is 2.14. The number of hydrogen-bond acceptors (Lipinski definition) is 5. The van der Waals surface area contributed by atoms with Gasteiger partial charge in [-0.25, -0.2) is 0 Å². The van der Waals surface area contributed by atoms with Gasteiger partial charge in [-0.3, -0.25) is 14.6 Å². The van der Waals surface area contributed by atoms with E-state index in [1.54, 1.807) is 0 Å². The number of hydrogen-bond donors (Lipinski definition) is 0. The minimum Gasteiger partial charge on any atom is -0.373 e. The van der Waals surface area contributed by atoms with Gasteiger partial charge in [0.25, 0.3) is 0 Å². The third-order valence-electron chi connectivity index (χ3n) is 5.31. The van der Waals surface area contributed by atoms with Gasteiger partial charge in [-0.2, -0.15) is 5.10 Å². The van der Waals surface area contributed by atoms with Crippen LogP contribution in [0.4, 0.5) is 0 Å². The summed E-state index contributed by atoms with van der Waals surface area (Å²) >= 11 is 0. The van der Waals surface area contributed by atoms with Crippen LogP contribution >= 0.6 is 0 Å². The predicted octanol–water partition coefficient (Wildman–Crippen LogP) is 2.56. The molecule has 0 unspecified atom stereocenters. The summed E-state index contributed by atoms with van der Waals surface area (Å²) in [7, 11) is 0. The van der Waals surface area contributed by atoms with E-state index < -0.39 is 0 Å². The SMILES string of the molecule is CCn1cc(CN2CC3(C[C@H](OCc4cncc(C)c4)CCO3)C2)cn1. The monoisotopic (exact) mass is 356 g/mol. The molecule has 0 bridgehead atoms. The summed E-state index contributed by atoms with van der Waals surface area (Å²) in [6.07, 6.45) is 10.1. The van der Waals surface area contributed by atoms with Gasteiger partial charge in [0.2, 0.25) is 0 Å². The lowest BCUT2D eigenvalue weighted by atomic mass is 9.84. The van der Waals surface area contributed by atoms with Gasteiger partial charge < -0.3 is 9.47 Å². The predicted molar refractivity (Wildman–Crippen MR) is 98.6 cm³/mol. The van der Waals surface area contributed by atoms with Crippen molar-refractivity contribution in [2.75, 3.05) is 19.7 Å². The molecule has 2 aromatic heterocycles. The number of aromatic nitrogens is 3. The van der Waals surface area contributed by atoms with Crippen LogP contribution in [-0.2, 0) is 29.2 Å². The number of pyridine rings is 1. The maximum absolute atomic E-state index is 6.17. The molecule has 4 rings (SSSR count).